The van der Waals surface area contributed by atoms with Gasteiger partial charge in [-0.25, -0.2) is 8.78 Å². The van der Waals surface area contributed by atoms with Crippen LogP contribution in [-0.2, 0) is 0 Å². The van der Waals surface area contributed by atoms with Crippen LogP contribution in [0.4, 0.5) is 8.78 Å². The van der Waals surface area contributed by atoms with Crippen molar-refractivity contribution in [2.45, 2.75) is 90.9 Å². The molecule has 0 N–H and O–H groups in total. The van der Waals surface area contributed by atoms with Gasteiger partial charge in [0.1, 0.15) is 5.75 Å². The predicted octanol–water partition coefficient (Wildman–Crippen LogP) is 9.75. The van der Waals surface area contributed by atoms with Crippen molar-refractivity contribution in [1.29, 1.82) is 0 Å². The van der Waals surface area contributed by atoms with E-state index in [4.69, 9.17) is 9.47 Å². The Kier molecular flexibility index (Phi) is 10.9. The Bertz CT molecular complexity index is 1030. The minimum atomic E-state index is -0.648. The smallest absolute Gasteiger partial charge is 0.191 e. The second kappa shape index (κ2) is 14.1. The minimum Gasteiger partial charge on any atom is -0.494 e. The average Bonchev–Trinajstić information content (AvgIpc) is 2.84. The molecule has 0 radical (unpaired) electrons. The summed E-state index contributed by atoms with van der Waals surface area (Å²) in [6.07, 6.45) is 14.0. The van der Waals surface area contributed by atoms with E-state index in [1.54, 1.807) is 6.07 Å². The maximum atomic E-state index is 15.1. The summed E-state index contributed by atoms with van der Waals surface area (Å²) in [5.74, 6) is -0.742. The van der Waals surface area contributed by atoms with Gasteiger partial charge < -0.3 is 9.47 Å². The second-order valence-corrected chi connectivity index (χ2v) is 9.28. The largest absolute Gasteiger partial charge is 0.494 e. The highest BCUT2D eigenvalue weighted by atomic mass is 19.1. The normalized spacial score (nSPS) is 11.4. The van der Waals surface area contributed by atoms with Crippen molar-refractivity contribution in [2.75, 3.05) is 13.2 Å². The maximum Gasteiger partial charge on any atom is 0.191 e. The van der Waals surface area contributed by atoms with Crippen LogP contribution in [0.5, 0.6) is 11.5 Å². The third-order valence-electron chi connectivity index (χ3n) is 6.47. The lowest BCUT2D eigenvalue weighted by Gasteiger charge is -2.13. The number of hydrogen-bond donors (Lipinski definition) is 0. The Morgan fingerprint density at radius 3 is 1.85 bits per heavy atom. The van der Waals surface area contributed by atoms with E-state index >= 15 is 4.39 Å². The summed E-state index contributed by atoms with van der Waals surface area (Å²) in [5, 5.41) is 2.66. The lowest BCUT2D eigenvalue weighted by Crippen LogP contribution is -2.02. The second-order valence-electron chi connectivity index (χ2n) is 9.28. The topological polar surface area (TPSA) is 18.5 Å². The summed E-state index contributed by atoms with van der Waals surface area (Å²) in [4.78, 5) is 0. The van der Waals surface area contributed by atoms with Gasteiger partial charge in [0.2, 0.25) is 0 Å². The quantitative estimate of drug-likeness (QED) is 0.153. The molecule has 2 nitrogen and oxygen atoms in total. The zero-order valence-corrected chi connectivity index (χ0v) is 20.9. The molecule has 0 saturated carbocycles. The highest BCUT2D eigenvalue weighted by Gasteiger charge is 2.17. The highest BCUT2D eigenvalue weighted by Crippen LogP contribution is 2.35. The number of benzene rings is 3. The van der Waals surface area contributed by atoms with Crippen molar-refractivity contribution in [3.05, 3.63) is 48.0 Å². The molecule has 0 fully saturated rings. The minimum absolute atomic E-state index is 0.267. The highest BCUT2D eigenvalue weighted by molar-refractivity contribution is 6.08. The lowest BCUT2D eigenvalue weighted by atomic mass is 10.0. The number of ether oxygens (including phenoxy) is 2. The molecule has 3 rings (SSSR count). The number of fused-ring (bicyclic) bond motifs is 3. The van der Waals surface area contributed by atoms with E-state index in [-0.39, 0.29) is 5.75 Å². The number of halogens is 2. The van der Waals surface area contributed by atoms with E-state index in [0.29, 0.717) is 24.0 Å². The first-order valence-electron chi connectivity index (χ1n) is 13.3. The average molecular weight is 471 g/mol. The van der Waals surface area contributed by atoms with Gasteiger partial charge in [0.15, 0.2) is 17.4 Å². The molecular formula is C30H40F2O2. The monoisotopic (exact) mass is 470 g/mol. The molecule has 0 aliphatic heterocycles. The zero-order valence-electron chi connectivity index (χ0n) is 20.9. The molecule has 0 atom stereocenters. The van der Waals surface area contributed by atoms with E-state index in [9.17, 15) is 4.39 Å². The summed E-state index contributed by atoms with van der Waals surface area (Å²) >= 11 is 0. The van der Waals surface area contributed by atoms with E-state index in [1.165, 1.54) is 51.0 Å². The van der Waals surface area contributed by atoms with Gasteiger partial charge in [0.05, 0.1) is 13.2 Å². The van der Waals surface area contributed by atoms with Gasteiger partial charge in [-0.15, -0.1) is 0 Å². The van der Waals surface area contributed by atoms with Crippen LogP contribution in [0, 0.1) is 11.6 Å². The van der Waals surface area contributed by atoms with Crippen molar-refractivity contribution in [3.8, 4) is 11.5 Å². The van der Waals surface area contributed by atoms with E-state index in [1.807, 2.05) is 24.3 Å². The molecule has 4 heteroatoms. The summed E-state index contributed by atoms with van der Waals surface area (Å²) in [7, 11) is 0. The van der Waals surface area contributed by atoms with Crippen LogP contribution >= 0.6 is 0 Å². The summed E-state index contributed by atoms with van der Waals surface area (Å²) in [6, 6.07) is 10.7. The lowest BCUT2D eigenvalue weighted by molar-refractivity contribution is 0.276. The third-order valence-corrected chi connectivity index (χ3v) is 6.47. The Morgan fingerprint density at radius 2 is 1.18 bits per heavy atom. The molecule has 0 amide bonds. The molecule has 0 aliphatic carbocycles. The summed E-state index contributed by atoms with van der Waals surface area (Å²) in [6.45, 7) is 5.41. The molecule has 0 spiro atoms. The van der Waals surface area contributed by atoms with Crippen molar-refractivity contribution >= 4 is 21.5 Å². The molecule has 0 heterocycles. The van der Waals surface area contributed by atoms with Crippen LogP contribution < -0.4 is 9.47 Å². The van der Waals surface area contributed by atoms with Crippen LogP contribution in [0.2, 0.25) is 0 Å². The Hall–Kier alpha value is -2.36. The molecule has 0 unspecified atom stereocenters. The predicted molar refractivity (Wildman–Crippen MR) is 139 cm³/mol. The molecule has 0 aliphatic rings. The van der Waals surface area contributed by atoms with E-state index < -0.39 is 11.6 Å². The fourth-order valence-electron chi connectivity index (χ4n) is 4.45. The number of unbranched alkanes of at least 4 members (excludes halogenated alkanes) is 10. The third kappa shape index (κ3) is 7.32. The fourth-order valence-corrected chi connectivity index (χ4v) is 4.45. The van der Waals surface area contributed by atoms with Crippen LogP contribution in [0.15, 0.2) is 36.4 Å². The van der Waals surface area contributed by atoms with Crippen molar-refractivity contribution in [3.63, 3.8) is 0 Å². The number of rotatable bonds is 16. The van der Waals surface area contributed by atoms with E-state index in [2.05, 4.69) is 13.8 Å². The number of hydrogen-bond acceptors (Lipinski definition) is 2. The molecule has 0 bridgehead atoms. The first-order valence-corrected chi connectivity index (χ1v) is 13.3. The van der Waals surface area contributed by atoms with Gasteiger partial charge in [-0.3, -0.25) is 0 Å². The van der Waals surface area contributed by atoms with Gasteiger partial charge >= 0.3 is 0 Å². The van der Waals surface area contributed by atoms with Crippen molar-refractivity contribution in [1.82, 2.24) is 0 Å². The maximum absolute atomic E-state index is 15.1. The van der Waals surface area contributed by atoms with Crippen LogP contribution in [-0.4, -0.2) is 13.2 Å². The summed E-state index contributed by atoms with van der Waals surface area (Å²) in [5.41, 5.74) is 0. The summed E-state index contributed by atoms with van der Waals surface area (Å²) < 4.78 is 41.3. The molecule has 3 aromatic rings. The first kappa shape index (κ1) is 26.2. The Balaban J connectivity index is 1.62. The van der Waals surface area contributed by atoms with Gasteiger partial charge in [-0.05, 0) is 47.2 Å². The van der Waals surface area contributed by atoms with Crippen molar-refractivity contribution in [2.24, 2.45) is 0 Å². The van der Waals surface area contributed by atoms with Gasteiger partial charge in [-0.1, -0.05) is 96.3 Å². The molecule has 34 heavy (non-hydrogen) atoms. The van der Waals surface area contributed by atoms with Crippen LogP contribution in [0.25, 0.3) is 21.5 Å². The molecule has 0 aromatic heterocycles. The molecule has 186 valence electrons. The Labute approximate surface area is 203 Å². The van der Waals surface area contributed by atoms with Crippen LogP contribution in [0.3, 0.4) is 0 Å². The van der Waals surface area contributed by atoms with E-state index in [0.717, 1.165) is 48.6 Å². The molecule has 3 aromatic carbocycles. The SMILES string of the molecule is CCCCCCCCCOc1ccc2c(ccc3c(F)c(OCCCCCCC)c(F)cc32)c1. The van der Waals surface area contributed by atoms with Crippen molar-refractivity contribution < 1.29 is 18.3 Å². The van der Waals surface area contributed by atoms with Gasteiger partial charge in [0.25, 0.3) is 0 Å². The molecular weight excluding hydrogens is 430 g/mol. The molecule has 0 saturated heterocycles. The Morgan fingerprint density at radius 1 is 0.588 bits per heavy atom. The standard InChI is InChI=1S/C30H40F2O2/c1-3-5-7-9-10-12-13-19-33-24-16-18-25-23(21-24)15-17-26-27(25)22-28(31)30(29(26)32)34-20-14-11-8-6-4-2/h15-18,21-22H,3-14,19-20H2,1-2H3. The van der Waals surface area contributed by atoms with Crippen LogP contribution in [0.1, 0.15) is 90.9 Å². The fraction of sp³-hybridized carbons (Fsp3) is 0.533. The van der Waals surface area contributed by atoms with Gasteiger partial charge in [0, 0.05) is 5.39 Å². The zero-order chi connectivity index (χ0) is 24.2. The van der Waals surface area contributed by atoms with Gasteiger partial charge in [-0.2, -0.15) is 0 Å². The first-order chi connectivity index (χ1) is 16.7.